The quantitative estimate of drug-likeness (QED) is 0.771. The number of hydrogen-bond donors (Lipinski definition) is 1. The third kappa shape index (κ3) is 3.34. The molecule has 1 N–H and O–H groups in total. The first-order chi connectivity index (χ1) is 11.6. The second kappa shape index (κ2) is 6.89. The van der Waals surface area contributed by atoms with Gasteiger partial charge < -0.3 is 9.72 Å². The van der Waals surface area contributed by atoms with Crippen molar-refractivity contribution in [1.29, 1.82) is 0 Å². The molecule has 0 spiro atoms. The number of nitrogens with one attached hydrogen (secondary N) is 1. The van der Waals surface area contributed by atoms with Crippen LogP contribution in [-0.2, 0) is 6.61 Å². The first-order valence-electron chi connectivity index (χ1n) is 7.58. The molecule has 24 heavy (non-hydrogen) atoms. The predicted molar refractivity (Wildman–Crippen MR) is 95.6 cm³/mol. The molecule has 0 aliphatic heterocycles. The van der Waals surface area contributed by atoms with Crippen molar-refractivity contribution in [3.05, 3.63) is 80.9 Å². The molecule has 5 heteroatoms. The van der Waals surface area contributed by atoms with E-state index in [9.17, 15) is 4.79 Å². The fourth-order valence-electron chi connectivity index (χ4n) is 2.54. The Balaban J connectivity index is 1.83. The van der Waals surface area contributed by atoms with Crippen molar-refractivity contribution >= 4 is 11.6 Å². The Morgan fingerprint density at radius 1 is 1.08 bits per heavy atom. The highest BCUT2D eigenvalue weighted by Gasteiger charge is 2.13. The van der Waals surface area contributed by atoms with Gasteiger partial charge in [-0.3, -0.25) is 4.79 Å². The third-order valence-electron chi connectivity index (χ3n) is 3.76. The van der Waals surface area contributed by atoms with E-state index < -0.39 is 0 Å². The smallest absolute Gasteiger partial charge is 0.213 e. The van der Waals surface area contributed by atoms with Crippen LogP contribution in [0.4, 0.5) is 0 Å². The molecule has 1 aromatic carbocycles. The van der Waals surface area contributed by atoms with E-state index in [1.54, 1.807) is 19.2 Å². The van der Waals surface area contributed by atoms with Gasteiger partial charge in [0.25, 0.3) is 0 Å². The number of H-pyrrole nitrogens is 1. The summed E-state index contributed by atoms with van der Waals surface area (Å²) in [5.74, 6) is 0.509. The molecule has 3 aromatic rings. The zero-order valence-electron chi connectivity index (χ0n) is 13.5. The van der Waals surface area contributed by atoms with Gasteiger partial charge >= 0.3 is 0 Å². The molecule has 0 amide bonds. The number of benzene rings is 1. The Morgan fingerprint density at radius 2 is 1.83 bits per heavy atom. The van der Waals surface area contributed by atoms with Crippen molar-refractivity contribution in [3.63, 3.8) is 0 Å². The number of aryl methyl sites for hydroxylation is 2. The second-order valence-corrected chi connectivity index (χ2v) is 5.93. The molecular formula is C19H17ClN2O2. The van der Waals surface area contributed by atoms with E-state index in [-0.39, 0.29) is 10.5 Å². The Labute approximate surface area is 145 Å². The van der Waals surface area contributed by atoms with Crippen LogP contribution >= 0.6 is 11.6 Å². The topological polar surface area (TPSA) is 55.0 Å². The zero-order valence-corrected chi connectivity index (χ0v) is 14.2. The van der Waals surface area contributed by atoms with Crippen LogP contribution in [0.1, 0.15) is 17.0 Å². The standard InChI is InChI=1S/C19H17ClN2O2/c1-12-17(19(23)18(20)13(2)22-12)15-8-9-16(21-10-15)24-11-14-6-4-3-5-7-14/h3-10H,11H2,1-2H3,(H,22,23). The summed E-state index contributed by atoms with van der Waals surface area (Å²) in [4.78, 5) is 19.8. The SMILES string of the molecule is Cc1[nH]c(C)c(-c2ccc(OCc3ccccc3)nc2)c(=O)c1Cl. The summed E-state index contributed by atoms with van der Waals surface area (Å²) in [7, 11) is 0. The van der Waals surface area contributed by atoms with Gasteiger partial charge in [0.1, 0.15) is 11.6 Å². The van der Waals surface area contributed by atoms with E-state index in [2.05, 4.69) is 9.97 Å². The summed E-state index contributed by atoms with van der Waals surface area (Å²) in [6.45, 7) is 4.07. The van der Waals surface area contributed by atoms with Crippen LogP contribution in [0.5, 0.6) is 5.88 Å². The fourth-order valence-corrected chi connectivity index (χ4v) is 2.68. The summed E-state index contributed by atoms with van der Waals surface area (Å²) < 4.78 is 5.66. The average Bonchev–Trinajstić information content (AvgIpc) is 2.60. The van der Waals surface area contributed by atoms with E-state index >= 15 is 0 Å². The first kappa shape index (κ1) is 16.3. The van der Waals surface area contributed by atoms with Crippen molar-refractivity contribution in [2.24, 2.45) is 0 Å². The van der Waals surface area contributed by atoms with Crippen LogP contribution in [0.3, 0.4) is 0 Å². The summed E-state index contributed by atoms with van der Waals surface area (Å²) in [5, 5.41) is 0.208. The van der Waals surface area contributed by atoms with E-state index in [1.807, 2.05) is 43.3 Å². The molecular weight excluding hydrogens is 324 g/mol. The van der Waals surface area contributed by atoms with Crippen molar-refractivity contribution in [2.45, 2.75) is 20.5 Å². The van der Waals surface area contributed by atoms with E-state index in [1.165, 1.54) is 0 Å². The lowest BCUT2D eigenvalue weighted by Crippen LogP contribution is -2.11. The largest absolute Gasteiger partial charge is 0.473 e. The Kier molecular flexibility index (Phi) is 4.67. The molecule has 3 rings (SSSR count). The van der Waals surface area contributed by atoms with Crippen molar-refractivity contribution in [3.8, 4) is 17.0 Å². The number of hydrogen-bond acceptors (Lipinski definition) is 3. The molecule has 2 aromatic heterocycles. The van der Waals surface area contributed by atoms with Gasteiger partial charge in [-0.05, 0) is 25.5 Å². The van der Waals surface area contributed by atoms with Crippen molar-refractivity contribution < 1.29 is 4.74 Å². The summed E-state index contributed by atoms with van der Waals surface area (Å²) >= 11 is 6.06. The van der Waals surface area contributed by atoms with Crippen LogP contribution in [0.2, 0.25) is 5.02 Å². The van der Waals surface area contributed by atoms with Gasteiger partial charge in [0.15, 0.2) is 0 Å². The third-order valence-corrected chi connectivity index (χ3v) is 4.22. The molecule has 4 nitrogen and oxygen atoms in total. The predicted octanol–water partition coefficient (Wildman–Crippen LogP) is 4.29. The molecule has 0 atom stereocenters. The number of ether oxygens (including phenoxy) is 1. The zero-order chi connectivity index (χ0) is 17.1. The number of aromatic nitrogens is 2. The second-order valence-electron chi connectivity index (χ2n) is 5.55. The number of pyridine rings is 2. The summed E-state index contributed by atoms with van der Waals surface area (Å²) in [5.41, 5.74) is 3.56. The molecule has 0 radical (unpaired) electrons. The Bertz CT molecular complexity index is 903. The molecule has 0 fully saturated rings. The van der Waals surface area contributed by atoms with Gasteiger partial charge in [0.2, 0.25) is 11.3 Å². The van der Waals surface area contributed by atoms with E-state index in [0.29, 0.717) is 29.3 Å². The lowest BCUT2D eigenvalue weighted by atomic mass is 10.1. The van der Waals surface area contributed by atoms with Gasteiger partial charge in [-0.25, -0.2) is 4.98 Å². The van der Waals surface area contributed by atoms with Gasteiger partial charge in [-0.15, -0.1) is 0 Å². The molecule has 2 heterocycles. The van der Waals surface area contributed by atoms with Crippen LogP contribution < -0.4 is 10.2 Å². The number of halogens is 1. The van der Waals surface area contributed by atoms with Gasteiger partial charge in [-0.1, -0.05) is 41.9 Å². The average molecular weight is 341 g/mol. The Hall–Kier alpha value is -2.59. The number of nitrogens with zero attached hydrogens (tertiary/aromatic N) is 1. The van der Waals surface area contributed by atoms with Gasteiger partial charge in [-0.2, -0.15) is 0 Å². The fraction of sp³-hybridized carbons (Fsp3) is 0.158. The number of aromatic amines is 1. The maximum Gasteiger partial charge on any atom is 0.213 e. The summed E-state index contributed by atoms with van der Waals surface area (Å²) in [6, 6.07) is 13.4. The molecule has 0 saturated heterocycles. The lowest BCUT2D eigenvalue weighted by Gasteiger charge is -2.09. The number of rotatable bonds is 4. The minimum absolute atomic E-state index is 0.190. The van der Waals surface area contributed by atoms with Gasteiger partial charge in [0.05, 0.1) is 5.56 Å². The van der Waals surface area contributed by atoms with Crippen molar-refractivity contribution in [2.75, 3.05) is 0 Å². The van der Waals surface area contributed by atoms with Crippen LogP contribution in [0.25, 0.3) is 11.1 Å². The highest BCUT2D eigenvalue weighted by molar-refractivity contribution is 6.31. The highest BCUT2D eigenvalue weighted by atomic mass is 35.5. The highest BCUT2D eigenvalue weighted by Crippen LogP contribution is 2.23. The van der Waals surface area contributed by atoms with Crippen LogP contribution in [-0.4, -0.2) is 9.97 Å². The molecule has 0 saturated carbocycles. The maximum atomic E-state index is 12.4. The minimum Gasteiger partial charge on any atom is -0.473 e. The first-order valence-corrected chi connectivity index (χ1v) is 7.96. The van der Waals surface area contributed by atoms with Crippen molar-refractivity contribution in [1.82, 2.24) is 9.97 Å². The molecule has 0 bridgehead atoms. The summed E-state index contributed by atoms with van der Waals surface area (Å²) in [6.07, 6.45) is 1.63. The van der Waals surface area contributed by atoms with E-state index in [4.69, 9.17) is 16.3 Å². The van der Waals surface area contributed by atoms with Gasteiger partial charge in [0, 0.05) is 29.2 Å². The molecule has 0 unspecified atom stereocenters. The molecule has 0 aliphatic rings. The van der Waals surface area contributed by atoms with Crippen LogP contribution in [0.15, 0.2) is 53.5 Å². The van der Waals surface area contributed by atoms with E-state index in [0.717, 1.165) is 11.3 Å². The lowest BCUT2D eigenvalue weighted by molar-refractivity contribution is 0.294. The Morgan fingerprint density at radius 3 is 2.50 bits per heavy atom. The molecule has 122 valence electrons. The monoisotopic (exact) mass is 340 g/mol. The molecule has 0 aliphatic carbocycles. The minimum atomic E-state index is -0.190. The van der Waals surface area contributed by atoms with Crippen LogP contribution in [0, 0.1) is 13.8 Å². The maximum absolute atomic E-state index is 12.4. The normalized spacial score (nSPS) is 10.6.